The van der Waals surface area contributed by atoms with Gasteiger partial charge < -0.3 is 4.90 Å². The molecule has 0 bridgehead atoms. The van der Waals surface area contributed by atoms with E-state index in [0.29, 0.717) is 12.3 Å². The Bertz CT molecular complexity index is 658. The lowest BCUT2D eigenvalue weighted by Crippen LogP contribution is -2.48. The predicted molar refractivity (Wildman–Crippen MR) is 102 cm³/mol. The van der Waals surface area contributed by atoms with Gasteiger partial charge in [-0.1, -0.05) is 25.7 Å². The van der Waals surface area contributed by atoms with Crippen LogP contribution in [0.25, 0.3) is 0 Å². The van der Waals surface area contributed by atoms with E-state index in [1.807, 2.05) is 4.90 Å². The fourth-order valence-electron chi connectivity index (χ4n) is 4.52. The number of ketones is 1. The molecule has 1 saturated heterocycles. The Kier molecular flexibility index (Phi) is 5.69. The van der Waals surface area contributed by atoms with E-state index in [2.05, 4.69) is 4.90 Å². The molecule has 5 nitrogen and oxygen atoms in total. The number of aryl methyl sites for hydroxylation is 1. The average molecular weight is 376 g/mol. The summed E-state index contributed by atoms with van der Waals surface area (Å²) >= 11 is 1.58. The van der Waals surface area contributed by atoms with Gasteiger partial charge in [0.1, 0.15) is 5.01 Å². The van der Waals surface area contributed by atoms with Gasteiger partial charge in [-0.3, -0.25) is 14.5 Å². The van der Waals surface area contributed by atoms with Crippen LogP contribution in [0.4, 0.5) is 0 Å². The maximum absolute atomic E-state index is 12.4. The van der Waals surface area contributed by atoms with E-state index in [4.69, 9.17) is 4.98 Å². The number of thiazole rings is 1. The van der Waals surface area contributed by atoms with Gasteiger partial charge in [-0.15, -0.1) is 11.3 Å². The molecule has 1 aliphatic heterocycles. The van der Waals surface area contributed by atoms with Crippen molar-refractivity contribution in [2.24, 2.45) is 5.92 Å². The molecule has 0 spiro atoms. The first kappa shape index (κ1) is 18.1. The number of rotatable bonds is 5. The lowest BCUT2D eigenvalue weighted by molar-refractivity contribution is -0.133. The van der Waals surface area contributed by atoms with Crippen molar-refractivity contribution in [3.05, 3.63) is 15.6 Å². The van der Waals surface area contributed by atoms with Crippen LogP contribution in [-0.2, 0) is 17.8 Å². The van der Waals surface area contributed by atoms with Crippen LogP contribution in [0.1, 0.15) is 71.7 Å². The number of Topliss-reactive ketones (excluding diaryl/α,β-unsaturated/α-hetero) is 1. The van der Waals surface area contributed by atoms with E-state index >= 15 is 0 Å². The summed E-state index contributed by atoms with van der Waals surface area (Å²) in [6, 6.07) is 0. The molecule has 1 amide bonds. The molecule has 0 radical (unpaired) electrons. The Morgan fingerprint density at radius 2 is 1.85 bits per heavy atom. The zero-order valence-electron chi connectivity index (χ0n) is 15.5. The molecule has 2 heterocycles. The van der Waals surface area contributed by atoms with Crippen LogP contribution in [0.2, 0.25) is 0 Å². The summed E-state index contributed by atoms with van der Waals surface area (Å²) in [5.74, 6) is 1.40. The lowest BCUT2D eigenvalue weighted by atomic mass is 10.0. The van der Waals surface area contributed by atoms with Crippen molar-refractivity contribution in [2.45, 2.75) is 64.3 Å². The zero-order chi connectivity index (χ0) is 17.9. The van der Waals surface area contributed by atoms with Crippen LogP contribution >= 0.6 is 11.3 Å². The summed E-state index contributed by atoms with van der Waals surface area (Å²) < 4.78 is 0. The van der Waals surface area contributed by atoms with E-state index in [1.165, 1.54) is 25.7 Å². The largest absolute Gasteiger partial charge is 0.340 e. The van der Waals surface area contributed by atoms with E-state index in [0.717, 1.165) is 79.9 Å². The van der Waals surface area contributed by atoms with Gasteiger partial charge in [0.15, 0.2) is 5.78 Å². The number of piperazine rings is 1. The summed E-state index contributed by atoms with van der Waals surface area (Å²) in [7, 11) is 0. The van der Waals surface area contributed by atoms with Crippen LogP contribution < -0.4 is 0 Å². The smallest absolute Gasteiger partial charge is 0.222 e. The summed E-state index contributed by atoms with van der Waals surface area (Å²) in [6.45, 7) is 4.29. The molecule has 0 aromatic carbocycles. The minimum Gasteiger partial charge on any atom is -0.340 e. The van der Waals surface area contributed by atoms with E-state index in [-0.39, 0.29) is 5.78 Å². The number of hydrogen-bond donors (Lipinski definition) is 0. The Morgan fingerprint density at radius 3 is 2.58 bits per heavy atom. The van der Waals surface area contributed by atoms with Gasteiger partial charge in [0.05, 0.1) is 17.1 Å². The molecular formula is C20H29N3O2S. The standard InChI is InChI=1S/C20H29N3O2S/c24-17-7-3-6-16-20(17)26-18(21-16)14-22-10-12-23(13-11-22)19(25)9-8-15-4-1-2-5-15/h15H,1-14H2. The molecule has 142 valence electrons. The summed E-state index contributed by atoms with van der Waals surface area (Å²) in [5, 5.41) is 1.06. The van der Waals surface area contributed by atoms with E-state index < -0.39 is 0 Å². The first-order chi connectivity index (χ1) is 12.7. The first-order valence-electron chi connectivity index (χ1n) is 10.2. The summed E-state index contributed by atoms with van der Waals surface area (Å²) in [4.78, 5) is 34.4. The number of fused-ring (bicyclic) bond motifs is 1. The quantitative estimate of drug-likeness (QED) is 0.793. The second-order valence-electron chi connectivity index (χ2n) is 8.01. The molecule has 2 aliphatic carbocycles. The van der Waals surface area contributed by atoms with E-state index in [9.17, 15) is 9.59 Å². The highest BCUT2D eigenvalue weighted by Gasteiger charge is 2.25. The SMILES string of the molecule is O=C1CCCc2nc(CN3CCN(C(=O)CCC4CCCC4)CC3)sc21. The minimum absolute atomic E-state index is 0.271. The molecule has 6 heteroatoms. The van der Waals surface area contributed by atoms with Crippen LogP contribution in [0, 0.1) is 5.92 Å². The normalized spacial score (nSPS) is 22.0. The van der Waals surface area contributed by atoms with Crippen LogP contribution in [0.5, 0.6) is 0 Å². The molecule has 0 unspecified atom stereocenters. The maximum atomic E-state index is 12.4. The number of aromatic nitrogens is 1. The van der Waals surface area contributed by atoms with Crippen molar-refractivity contribution in [3.63, 3.8) is 0 Å². The van der Waals surface area contributed by atoms with Crippen molar-refractivity contribution in [1.82, 2.24) is 14.8 Å². The molecular weight excluding hydrogens is 346 g/mol. The highest BCUT2D eigenvalue weighted by molar-refractivity contribution is 7.13. The molecule has 1 saturated carbocycles. The van der Waals surface area contributed by atoms with Gasteiger partial charge in [0, 0.05) is 39.0 Å². The average Bonchev–Trinajstić information content (AvgIpc) is 3.30. The van der Waals surface area contributed by atoms with Crippen molar-refractivity contribution in [2.75, 3.05) is 26.2 Å². The van der Waals surface area contributed by atoms with E-state index in [1.54, 1.807) is 11.3 Å². The summed E-state index contributed by atoms with van der Waals surface area (Å²) in [5.41, 5.74) is 1.02. The highest BCUT2D eigenvalue weighted by Crippen LogP contribution is 2.29. The van der Waals surface area contributed by atoms with Crippen molar-refractivity contribution < 1.29 is 9.59 Å². The lowest BCUT2D eigenvalue weighted by Gasteiger charge is -2.34. The number of carbonyl (C=O) groups excluding carboxylic acids is 2. The summed E-state index contributed by atoms with van der Waals surface area (Å²) in [6.07, 6.45) is 9.72. The molecule has 4 rings (SSSR count). The topological polar surface area (TPSA) is 53.5 Å². The fraction of sp³-hybridized carbons (Fsp3) is 0.750. The van der Waals surface area contributed by atoms with Gasteiger partial charge in [-0.2, -0.15) is 0 Å². The maximum Gasteiger partial charge on any atom is 0.222 e. The molecule has 1 aromatic heterocycles. The molecule has 3 aliphatic rings. The fourth-order valence-corrected chi connectivity index (χ4v) is 5.64. The van der Waals surface area contributed by atoms with Crippen molar-refractivity contribution >= 4 is 23.0 Å². The third-order valence-electron chi connectivity index (χ3n) is 6.14. The molecule has 26 heavy (non-hydrogen) atoms. The minimum atomic E-state index is 0.271. The third-order valence-corrected chi connectivity index (χ3v) is 7.26. The van der Waals surface area contributed by atoms with Gasteiger partial charge in [0.25, 0.3) is 0 Å². The number of hydrogen-bond acceptors (Lipinski definition) is 5. The Hall–Kier alpha value is -1.27. The second kappa shape index (κ2) is 8.17. The third kappa shape index (κ3) is 4.17. The first-order valence-corrected chi connectivity index (χ1v) is 11.0. The van der Waals surface area contributed by atoms with Crippen molar-refractivity contribution in [3.8, 4) is 0 Å². The Morgan fingerprint density at radius 1 is 1.08 bits per heavy atom. The van der Waals surface area contributed by atoms with Gasteiger partial charge in [-0.25, -0.2) is 4.98 Å². The molecule has 2 fully saturated rings. The van der Waals surface area contributed by atoms with Crippen molar-refractivity contribution in [1.29, 1.82) is 0 Å². The predicted octanol–water partition coefficient (Wildman–Crippen LogP) is 3.28. The van der Waals surface area contributed by atoms with Crippen LogP contribution in [0.3, 0.4) is 0 Å². The molecule has 0 N–H and O–H groups in total. The monoisotopic (exact) mass is 375 g/mol. The Balaban J connectivity index is 1.23. The highest BCUT2D eigenvalue weighted by atomic mass is 32.1. The Labute approximate surface area is 159 Å². The van der Waals surface area contributed by atoms with Gasteiger partial charge >= 0.3 is 0 Å². The number of carbonyl (C=O) groups is 2. The second-order valence-corrected chi connectivity index (χ2v) is 9.09. The zero-order valence-corrected chi connectivity index (χ0v) is 16.4. The van der Waals surface area contributed by atoms with Crippen LogP contribution in [0.15, 0.2) is 0 Å². The molecule has 0 atom stereocenters. The van der Waals surface area contributed by atoms with Gasteiger partial charge in [0.2, 0.25) is 5.91 Å². The number of amides is 1. The van der Waals surface area contributed by atoms with Gasteiger partial charge in [-0.05, 0) is 25.2 Å². The van der Waals surface area contributed by atoms with Crippen LogP contribution in [-0.4, -0.2) is 52.7 Å². The molecule has 1 aromatic rings. The number of nitrogens with zero attached hydrogens (tertiary/aromatic N) is 3.